The lowest BCUT2D eigenvalue weighted by Gasteiger charge is -2.19. The molecule has 0 saturated heterocycles. The number of nitrogens with zero attached hydrogens (tertiary/aromatic N) is 2. The van der Waals surface area contributed by atoms with Crippen LogP contribution in [0.5, 0.6) is 0 Å². The fourth-order valence-corrected chi connectivity index (χ4v) is 2.35. The van der Waals surface area contributed by atoms with Crippen molar-refractivity contribution in [1.82, 2.24) is 15.2 Å². The molecule has 1 N–H and O–H groups in total. The van der Waals surface area contributed by atoms with Crippen molar-refractivity contribution in [3.8, 4) is 11.3 Å². The fourth-order valence-electron chi connectivity index (χ4n) is 2.35. The highest BCUT2D eigenvalue weighted by atomic mass is 19.1. The van der Waals surface area contributed by atoms with Crippen molar-refractivity contribution in [2.24, 2.45) is 0 Å². The molecular weight excluding hydrogens is 325 g/mol. The van der Waals surface area contributed by atoms with Gasteiger partial charge in [-0.25, -0.2) is 9.37 Å². The van der Waals surface area contributed by atoms with E-state index >= 15 is 0 Å². The summed E-state index contributed by atoms with van der Waals surface area (Å²) in [5, 5.41) is 2.67. The summed E-state index contributed by atoms with van der Waals surface area (Å²) in [4.78, 5) is 29.5. The van der Waals surface area contributed by atoms with Gasteiger partial charge < -0.3 is 14.6 Å². The van der Waals surface area contributed by atoms with Crippen LogP contribution in [0.1, 0.15) is 26.2 Å². The largest absolute Gasteiger partial charge is 0.441 e. The van der Waals surface area contributed by atoms with E-state index in [1.807, 2.05) is 13.8 Å². The van der Waals surface area contributed by atoms with E-state index in [1.165, 1.54) is 17.0 Å². The third-order valence-corrected chi connectivity index (χ3v) is 3.68. The van der Waals surface area contributed by atoms with E-state index in [1.54, 1.807) is 18.3 Å². The van der Waals surface area contributed by atoms with Crippen molar-refractivity contribution in [2.75, 3.05) is 19.6 Å². The van der Waals surface area contributed by atoms with Crippen molar-refractivity contribution in [1.29, 1.82) is 0 Å². The summed E-state index contributed by atoms with van der Waals surface area (Å²) >= 11 is 0. The summed E-state index contributed by atoms with van der Waals surface area (Å²) in [6, 6.07) is 5.91. The number of carbonyl (C=O) groups excluding carboxylic acids is 2. The SMILES string of the molecule is CCNC(=O)CN(CC)C(=O)CCc1ncc(-c2ccc(F)cc2)o1. The van der Waals surface area contributed by atoms with Crippen LogP contribution in [0.2, 0.25) is 0 Å². The van der Waals surface area contributed by atoms with Crippen molar-refractivity contribution >= 4 is 11.8 Å². The highest BCUT2D eigenvalue weighted by molar-refractivity contribution is 5.84. The van der Waals surface area contributed by atoms with Crippen LogP contribution in [0, 0.1) is 5.82 Å². The minimum atomic E-state index is -0.319. The molecule has 1 heterocycles. The number of hydrogen-bond donors (Lipinski definition) is 1. The molecule has 2 amide bonds. The summed E-state index contributed by atoms with van der Waals surface area (Å²) < 4.78 is 18.6. The maximum absolute atomic E-state index is 12.9. The first-order valence-electron chi connectivity index (χ1n) is 8.28. The molecule has 0 atom stereocenters. The first-order chi connectivity index (χ1) is 12.0. The minimum absolute atomic E-state index is 0.0512. The molecule has 0 spiro atoms. The monoisotopic (exact) mass is 347 g/mol. The standard InChI is InChI=1S/C18H22FN3O3/c1-3-20-16(23)12-22(4-2)18(24)10-9-17-21-11-15(25-17)13-5-7-14(19)8-6-13/h5-8,11H,3-4,9-10,12H2,1-2H3,(H,20,23). The van der Waals surface area contributed by atoms with Gasteiger partial charge in [-0.05, 0) is 38.1 Å². The number of benzene rings is 1. The number of likely N-dealkylation sites (N-methyl/N-ethyl adjacent to an activating group) is 2. The first-order valence-corrected chi connectivity index (χ1v) is 8.28. The van der Waals surface area contributed by atoms with Crippen LogP contribution in [0.15, 0.2) is 34.9 Å². The molecule has 6 nitrogen and oxygen atoms in total. The first kappa shape index (κ1) is 18.6. The molecule has 0 fully saturated rings. The van der Waals surface area contributed by atoms with E-state index in [0.29, 0.717) is 31.2 Å². The number of halogens is 1. The van der Waals surface area contributed by atoms with Gasteiger partial charge in [0.15, 0.2) is 11.7 Å². The third-order valence-electron chi connectivity index (χ3n) is 3.68. The summed E-state index contributed by atoms with van der Waals surface area (Å²) in [6.07, 6.45) is 2.10. The molecule has 134 valence electrons. The number of aryl methyl sites for hydroxylation is 1. The van der Waals surface area contributed by atoms with Crippen molar-refractivity contribution < 1.29 is 18.4 Å². The molecular formula is C18H22FN3O3. The number of nitrogens with one attached hydrogen (secondary N) is 1. The summed E-state index contributed by atoms with van der Waals surface area (Å²) in [5.41, 5.74) is 0.720. The van der Waals surface area contributed by atoms with Crippen LogP contribution in [-0.2, 0) is 16.0 Å². The van der Waals surface area contributed by atoms with Crippen LogP contribution in [0.25, 0.3) is 11.3 Å². The summed E-state index contributed by atoms with van der Waals surface area (Å²) in [7, 11) is 0. The van der Waals surface area contributed by atoms with Crippen molar-refractivity contribution in [2.45, 2.75) is 26.7 Å². The highest BCUT2D eigenvalue weighted by Gasteiger charge is 2.16. The van der Waals surface area contributed by atoms with E-state index in [9.17, 15) is 14.0 Å². The Labute approximate surface area is 146 Å². The normalized spacial score (nSPS) is 10.5. The number of oxazole rings is 1. The number of amides is 2. The van der Waals surface area contributed by atoms with Crippen LogP contribution in [0.3, 0.4) is 0 Å². The molecule has 0 aliphatic heterocycles. The molecule has 0 unspecified atom stereocenters. The van der Waals surface area contributed by atoms with Gasteiger partial charge in [0.25, 0.3) is 0 Å². The van der Waals surface area contributed by atoms with Crippen LogP contribution in [0.4, 0.5) is 4.39 Å². The average molecular weight is 347 g/mol. The van der Waals surface area contributed by atoms with Gasteiger partial charge in [-0.1, -0.05) is 0 Å². The van der Waals surface area contributed by atoms with Crippen molar-refractivity contribution in [3.05, 3.63) is 42.2 Å². The predicted octanol–water partition coefficient (Wildman–Crippen LogP) is 2.40. The highest BCUT2D eigenvalue weighted by Crippen LogP contribution is 2.21. The maximum Gasteiger partial charge on any atom is 0.239 e. The van der Waals surface area contributed by atoms with Gasteiger partial charge >= 0.3 is 0 Å². The molecule has 0 saturated carbocycles. The molecule has 25 heavy (non-hydrogen) atoms. The van der Waals surface area contributed by atoms with Gasteiger partial charge in [0, 0.05) is 31.5 Å². The number of carbonyl (C=O) groups is 2. The molecule has 1 aromatic heterocycles. The second-order valence-electron chi connectivity index (χ2n) is 5.49. The minimum Gasteiger partial charge on any atom is -0.441 e. The molecule has 7 heteroatoms. The Morgan fingerprint density at radius 3 is 2.60 bits per heavy atom. The lowest BCUT2D eigenvalue weighted by Crippen LogP contribution is -2.40. The van der Waals surface area contributed by atoms with E-state index in [4.69, 9.17) is 4.42 Å². The Morgan fingerprint density at radius 1 is 1.24 bits per heavy atom. The van der Waals surface area contributed by atoms with Gasteiger partial charge in [0.2, 0.25) is 11.8 Å². The van der Waals surface area contributed by atoms with Crippen LogP contribution >= 0.6 is 0 Å². The lowest BCUT2D eigenvalue weighted by molar-refractivity contribution is -0.135. The van der Waals surface area contributed by atoms with Gasteiger partial charge in [-0.3, -0.25) is 9.59 Å². The number of aromatic nitrogens is 1. The Morgan fingerprint density at radius 2 is 1.96 bits per heavy atom. The molecule has 0 aliphatic carbocycles. The van der Waals surface area contributed by atoms with Crippen LogP contribution < -0.4 is 5.32 Å². The fraction of sp³-hybridized carbons (Fsp3) is 0.389. The van der Waals surface area contributed by atoms with E-state index in [2.05, 4.69) is 10.3 Å². The number of hydrogen-bond acceptors (Lipinski definition) is 4. The third kappa shape index (κ3) is 5.41. The Balaban J connectivity index is 1.91. The van der Waals surface area contributed by atoms with Crippen LogP contribution in [-0.4, -0.2) is 41.3 Å². The zero-order chi connectivity index (χ0) is 18.2. The Hall–Kier alpha value is -2.70. The predicted molar refractivity (Wildman–Crippen MR) is 91.2 cm³/mol. The number of rotatable bonds is 8. The Bertz CT molecular complexity index is 713. The second-order valence-corrected chi connectivity index (χ2v) is 5.49. The molecule has 0 aliphatic rings. The molecule has 0 bridgehead atoms. The van der Waals surface area contributed by atoms with Gasteiger partial charge in [-0.15, -0.1) is 0 Å². The van der Waals surface area contributed by atoms with Gasteiger partial charge in [-0.2, -0.15) is 0 Å². The average Bonchev–Trinajstić information content (AvgIpc) is 3.07. The molecule has 0 radical (unpaired) electrons. The summed E-state index contributed by atoms with van der Waals surface area (Å²) in [6.45, 7) is 4.71. The zero-order valence-electron chi connectivity index (χ0n) is 14.4. The topological polar surface area (TPSA) is 75.4 Å². The maximum atomic E-state index is 12.9. The van der Waals surface area contributed by atoms with Gasteiger partial charge in [0.05, 0.1) is 12.7 Å². The zero-order valence-corrected chi connectivity index (χ0v) is 14.4. The smallest absolute Gasteiger partial charge is 0.239 e. The summed E-state index contributed by atoms with van der Waals surface area (Å²) in [5.74, 6) is 0.336. The molecule has 2 aromatic rings. The molecule has 2 rings (SSSR count). The lowest BCUT2D eigenvalue weighted by atomic mass is 10.2. The van der Waals surface area contributed by atoms with E-state index in [-0.39, 0.29) is 30.6 Å². The van der Waals surface area contributed by atoms with E-state index in [0.717, 1.165) is 5.56 Å². The quantitative estimate of drug-likeness (QED) is 0.796. The Kier molecular flexibility index (Phi) is 6.68. The second kappa shape index (κ2) is 8.96. The van der Waals surface area contributed by atoms with E-state index < -0.39 is 0 Å². The van der Waals surface area contributed by atoms with Gasteiger partial charge in [0.1, 0.15) is 5.82 Å². The van der Waals surface area contributed by atoms with Crippen molar-refractivity contribution in [3.63, 3.8) is 0 Å². The molecule has 1 aromatic carbocycles.